The molecule has 17 heavy (non-hydrogen) atoms. The molecule has 0 radical (unpaired) electrons. The Hall–Kier alpha value is -0.620. The van der Waals surface area contributed by atoms with Crippen molar-refractivity contribution in [3.63, 3.8) is 0 Å². The van der Waals surface area contributed by atoms with Crippen LogP contribution in [-0.2, 0) is 14.8 Å². The van der Waals surface area contributed by atoms with Crippen LogP contribution in [0.1, 0.15) is 47.5 Å². The van der Waals surface area contributed by atoms with E-state index in [2.05, 4.69) is 4.72 Å². The van der Waals surface area contributed by atoms with Crippen molar-refractivity contribution in [1.29, 1.82) is 0 Å². The van der Waals surface area contributed by atoms with Crippen molar-refractivity contribution in [2.75, 3.05) is 5.75 Å². The summed E-state index contributed by atoms with van der Waals surface area (Å²) in [6, 6.07) is 0. The lowest BCUT2D eigenvalue weighted by Gasteiger charge is -2.25. The van der Waals surface area contributed by atoms with Crippen molar-refractivity contribution in [2.45, 2.75) is 53.0 Å². The molecule has 0 atom stereocenters. The highest BCUT2D eigenvalue weighted by atomic mass is 32.2. The van der Waals surface area contributed by atoms with Gasteiger partial charge in [-0.1, -0.05) is 20.8 Å². The monoisotopic (exact) mass is 265 g/mol. The van der Waals surface area contributed by atoms with Crippen LogP contribution in [-0.4, -0.2) is 30.8 Å². The summed E-state index contributed by atoms with van der Waals surface area (Å²) in [6.45, 7) is 9.02. The van der Waals surface area contributed by atoms with Crippen LogP contribution in [0, 0.1) is 5.41 Å². The van der Waals surface area contributed by atoms with Gasteiger partial charge in [0.25, 0.3) is 0 Å². The van der Waals surface area contributed by atoms with E-state index in [4.69, 9.17) is 5.11 Å². The minimum atomic E-state index is -3.43. The van der Waals surface area contributed by atoms with Gasteiger partial charge in [0.2, 0.25) is 10.0 Å². The van der Waals surface area contributed by atoms with Gasteiger partial charge in [-0.2, -0.15) is 0 Å². The van der Waals surface area contributed by atoms with Crippen molar-refractivity contribution in [3.8, 4) is 0 Å². The van der Waals surface area contributed by atoms with E-state index >= 15 is 0 Å². The third kappa shape index (κ3) is 9.12. The maximum absolute atomic E-state index is 11.8. The molecule has 0 aliphatic heterocycles. The number of rotatable bonds is 6. The smallest absolute Gasteiger partial charge is 0.305 e. The minimum absolute atomic E-state index is 0.0134. The number of carbonyl (C=O) groups is 1. The molecule has 0 aliphatic carbocycles. The Morgan fingerprint density at radius 2 is 1.65 bits per heavy atom. The Balaban J connectivity index is 4.50. The van der Waals surface area contributed by atoms with Gasteiger partial charge < -0.3 is 5.11 Å². The predicted octanol–water partition coefficient (Wildman–Crippen LogP) is 1.60. The number of aliphatic carboxylic acids is 1. The first kappa shape index (κ1) is 16.4. The van der Waals surface area contributed by atoms with Crippen LogP contribution in [0.2, 0.25) is 0 Å². The normalized spacial score (nSPS) is 13.7. The van der Waals surface area contributed by atoms with Gasteiger partial charge in [-0.25, -0.2) is 13.1 Å². The van der Waals surface area contributed by atoms with E-state index in [0.717, 1.165) is 0 Å². The molecule has 0 bridgehead atoms. The van der Waals surface area contributed by atoms with E-state index in [1.807, 2.05) is 20.8 Å². The van der Waals surface area contributed by atoms with Crippen molar-refractivity contribution in [1.82, 2.24) is 4.72 Å². The average molecular weight is 265 g/mol. The summed E-state index contributed by atoms with van der Waals surface area (Å²) < 4.78 is 26.0. The summed E-state index contributed by atoms with van der Waals surface area (Å²) in [5.74, 6) is -1.01. The maximum Gasteiger partial charge on any atom is 0.305 e. The SMILES string of the molecule is CC(C)(C)CCS(=O)(=O)NC(C)(C)CC(=O)O. The van der Waals surface area contributed by atoms with E-state index in [-0.39, 0.29) is 17.6 Å². The summed E-state index contributed by atoms with van der Waals surface area (Å²) in [5.41, 5.74) is -1.02. The van der Waals surface area contributed by atoms with Gasteiger partial charge in [-0.15, -0.1) is 0 Å². The molecule has 0 fully saturated rings. The van der Waals surface area contributed by atoms with Gasteiger partial charge >= 0.3 is 5.97 Å². The molecule has 0 aromatic carbocycles. The zero-order valence-corrected chi connectivity index (χ0v) is 12.0. The summed E-state index contributed by atoms with van der Waals surface area (Å²) in [7, 11) is -3.43. The molecule has 0 spiro atoms. The lowest BCUT2D eigenvalue weighted by Crippen LogP contribution is -2.46. The summed E-state index contributed by atoms with van der Waals surface area (Å²) >= 11 is 0. The molecule has 0 rings (SSSR count). The molecule has 0 saturated carbocycles. The number of carboxylic acids is 1. The van der Waals surface area contributed by atoms with Crippen LogP contribution < -0.4 is 4.72 Å². The van der Waals surface area contributed by atoms with Crippen LogP contribution in [0.4, 0.5) is 0 Å². The molecule has 2 N–H and O–H groups in total. The first-order chi connectivity index (χ1) is 7.33. The van der Waals surface area contributed by atoms with Gasteiger partial charge in [-0.05, 0) is 25.7 Å². The van der Waals surface area contributed by atoms with Gasteiger partial charge in [0.15, 0.2) is 0 Å². The van der Waals surface area contributed by atoms with Gasteiger partial charge in [0.05, 0.1) is 12.2 Å². The quantitative estimate of drug-likeness (QED) is 0.764. The molecule has 5 nitrogen and oxygen atoms in total. The van der Waals surface area contributed by atoms with Crippen LogP contribution >= 0.6 is 0 Å². The molecule has 0 unspecified atom stereocenters. The first-order valence-corrected chi connectivity index (χ1v) is 7.22. The average Bonchev–Trinajstić information content (AvgIpc) is 1.94. The van der Waals surface area contributed by atoms with E-state index in [1.54, 1.807) is 13.8 Å². The fourth-order valence-electron chi connectivity index (χ4n) is 1.33. The second-order valence-corrected chi connectivity index (χ2v) is 8.03. The highest BCUT2D eigenvalue weighted by molar-refractivity contribution is 7.89. The van der Waals surface area contributed by atoms with Crippen molar-refractivity contribution in [3.05, 3.63) is 0 Å². The van der Waals surface area contributed by atoms with E-state index in [9.17, 15) is 13.2 Å². The van der Waals surface area contributed by atoms with Crippen LogP contribution in [0.15, 0.2) is 0 Å². The molecular weight excluding hydrogens is 242 g/mol. The molecule has 0 aromatic rings. The second-order valence-electron chi connectivity index (χ2n) is 6.19. The fourth-order valence-corrected chi connectivity index (χ4v) is 3.22. The molecule has 0 saturated heterocycles. The molecule has 102 valence electrons. The summed E-state index contributed by atoms with van der Waals surface area (Å²) in [5, 5.41) is 8.67. The Labute approximate surface area is 104 Å². The second kappa shape index (κ2) is 5.35. The zero-order chi connectivity index (χ0) is 13.9. The third-order valence-electron chi connectivity index (χ3n) is 2.15. The predicted molar refractivity (Wildman–Crippen MR) is 67.3 cm³/mol. The zero-order valence-electron chi connectivity index (χ0n) is 11.2. The lowest BCUT2D eigenvalue weighted by atomic mass is 9.94. The van der Waals surface area contributed by atoms with Crippen molar-refractivity contribution < 1.29 is 18.3 Å². The van der Waals surface area contributed by atoms with E-state index in [0.29, 0.717) is 6.42 Å². The Kier molecular flexibility index (Phi) is 5.16. The molecule has 6 heteroatoms. The van der Waals surface area contributed by atoms with E-state index < -0.39 is 21.5 Å². The Morgan fingerprint density at radius 3 is 2.00 bits per heavy atom. The molecule has 0 amide bonds. The minimum Gasteiger partial charge on any atom is -0.481 e. The fraction of sp³-hybridized carbons (Fsp3) is 0.909. The number of carboxylic acid groups (broad SMARTS) is 1. The third-order valence-corrected chi connectivity index (χ3v) is 3.75. The topological polar surface area (TPSA) is 83.5 Å². The van der Waals surface area contributed by atoms with E-state index in [1.165, 1.54) is 0 Å². The number of sulfonamides is 1. The maximum atomic E-state index is 11.8. The van der Waals surface area contributed by atoms with Crippen LogP contribution in [0.5, 0.6) is 0 Å². The molecule has 0 heterocycles. The number of hydrogen-bond acceptors (Lipinski definition) is 3. The molecule has 0 aromatic heterocycles. The Morgan fingerprint density at radius 1 is 1.18 bits per heavy atom. The van der Waals surface area contributed by atoms with Gasteiger partial charge in [-0.3, -0.25) is 4.79 Å². The first-order valence-electron chi connectivity index (χ1n) is 5.56. The standard InChI is InChI=1S/C11H23NO4S/c1-10(2,3)6-7-17(15,16)12-11(4,5)8-9(13)14/h12H,6-8H2,1-5H3,(H,13,14). The molecular formula is C11H23NO4S. The van der Waals surface area contributed by atoms with Crippen LogP contribution in [0.25, 0.3) is 0 Å². The van der Waals surface area contributed by atoms with Gasteiger partial charge in [0, 0.05) is 5.54 Å². The van der Waals surface area contributed by atoms with Crippen molar-refractivity contribution >= 4 is 16.0 Å². The largest absolute Gasteiger partial charge is 0.481 e. The molecule has 0 aliphatic rings. The summed E-state index contributed by atoms with van der Waals surface area (Å²) in [6.07, 6.45) is 0.299. The lowest BCUT2D eigenvalue weighted by molar-refractivity contribution is -0.138. The van der Waals surface area contributed by atoms with Crippen LogP contribution in [0.3, 0.4) is 0 Å². The number of nitrogens with one attached hydrogen (secondary N) is 1. The highest BCUT2D eigenvalue weighted by Gasteiger charge is 2.28. The van der Waals surface area contributed by atoms with Crippen molar-refractivity contribution in [2.24, 2.45) is 5.41 Å². The Bertz CT molecular complexity index is 365. The highest BCUT2D eigenvalue weighted by Crippen LogP contribution is 2.20. The number of hydrogen-bond donors (Lipinski definition) is 2. The van der Waals surface area contributed by atoms with Gasteiger partial charge in [0.1, 0.15) is 0 Å². The summed E-state index contributed by atoms with van der Waals surface area (Å²) in [4.78, 5) is 10.6.